The smallest absolute Gasteiger partial charge is 0.229 e. The monoisotopic (exact) mass is 728 g/mol. The van der Waals surface area contributed by atoms with Gasteiger partial charge in [0.05, 0.1) is 30.6 Å². The molecular weight excluding hydrogens is 685 g/mol. The van der Waals surface area contributed by atoms with E-state index in [9.17, 15) is 20.3 Å². The molecule has 7 rings (SSSR count). The maximum Gasteiger partial charge on any atom is 0.229 e. The molecule has 6 N–H and O–H groups in total. The van der Waals surface area contributed by atoms with Crippen molar-refractivity contribution in [3.8, 4) is 6.19 Å². The van der Waals surface area contributed by atoms with E-state index >= 15 is 0 Å². The second kappa shape index (κ2) is 16.7. The zero-order valence-corrected chi connectivity index (χ0v) is 30.0. The Morgan fingerprint density at radius 2 is 1.72 bits per heavy atom. The summed E-state index contributed by atoms with van der Waals surface area (Å²) in [5.74, 6) is 1.18. The Bertz CT molecular complexity index is 2050. The number of aliphatic imine (C=N–C) groups is 1. The van der Waals surface area contributed by atoms with Gasteiger partial charge in [0.25, 0.3) is 0 Å². The van der Waals surface area contributed by atoms with Gasteiger partial charge in [0.15, 0.2) is 23.2 Å². The Hall–Kier alpha value is -6.11. The number of aliphatic hydroxyl groups is 2. The number of nitrogens with one attached hydrogen (secondary N) is 4. The number of carbonyl (C=O) groups excluding carboxylic acids is 1. The van der Waals surface area contributed by atoms with Crippen molar-refractivity contribution >= 4 is 34.8 Å². The summed E-state index contributed by atoms with van der Waals surface area (Å²) in [6, 6.07) is 24.9. The first-order valence-corrected chi connectivity index (χ1v) is 18.3. The van der Waals surface area contributed by atoms with Gasteiger partial charge < -0.3 is 35.6 Å². The van der Waals surface area contributed by atoms with Crippen LogP contribution in [0, 0.1) is 11.5 Å². The van der Waals surface area contributed by atoms with E-state index in [0.717, 1.165) is 23.2 Å². The van der Waals surface area contributed by atoms with E-state index in [-0.39, 0.29) is 24.3 Å². The first kappa shape index (κ1) is 36.3. The van der Waals surface area contributed by atoms with E-state index in [0.29, 0.717) is 61.5 Å². The van der Waals surface area contributed by atoms with Gasteiger partial charge in [-0.3, -0.25) is 15.1 Å². The summed E-state index contributed by atoms with van der Waals surface area (Å²) in [7, 11) is 0. The maximum absolute atomic E-state index is 12.2. The number of nitriles is 1. The molecule has 1 saturated heterocycles. The van der Waals surface area contributed by atoms with Crippen LogP contribution in [0.5, 0.6) is 0 Å². The van der Waals surface area contributed by atoms with Crippen LogP contribution in [0.1, 0.15) is 55.0 Å². The molecule has 5 aromatic rings. The summed E-state index contributed by atoms with van der Waals surface area (Å²) in [6.07, 6.45) is 4.29. The zero-order valence-electron chi connectivity index (χ0n) is 30.0. The lowest BCUT2D eigenvalue weighted by atomic mass is 9.91. The second-order valence-corrected chi connectivity index (χ2v) is 13.6. The molecule has 2 aliphatic rings. The number of fused-ring (bicyclic) bond motifs is 1. The van der Waals surface area contributed by atoms with E-state index in [1.54, 1.807) is 24.0 Å². The number of amides is 1. The number of aliphatic hydroxyl groups excluding tert-OH is 2. The highest BCUT2D eigenvalue weighted by molar-refractivity contribution is 5.85. The average molecular weight is 729 g/mol. The normalized spacial score (nSPS) is 21.3. The predicted molar refractivity (Wildman–Crippen MR) is 204 cm³/mol. The number of guanidine groups is 1. The van der Waals surface area contributed by atoms with Crippen LogP contribution in [0.4, 0.5) is 11.8 Å². The van der Waals surface area contributed by atoms with Gasteiger partial charge >= 0.3 is 0 Å². The fourth-order valence-corrected chi connectivity index (χ4v) is 7.22. The molecule has 15 heteroatoms. The summed E-state index contributed by atoms with van der Waals surface area (Å²) in [4.78, 5) is 38.0. The molecule has 278 valence electrons. The molecule has 5 atom stereocenters. The van der Waals surface area contributed by atoms with Crippen molar-refractivity contribution in [2.24, 2.45) is 4.99 Å². The molecule has 3 aromatic heterocycles. The second-order valence-electron chi connectivity index (χ2n) is 13.6. The first-order valence-electron chi connectivity index (χ1n) is 18.3. The van der Waals surface area contributed by atoms with Crippen molar-refractivity contribution in [1.29, 1.82) is 5.26 Å². The summed E-state index contributed by atoms with van der Waals surface area (Å²) in [5, 5.41) is 44.0. The molecule has 1 aliphatic heterocycles. The van der Waals surface area contributed by atoms with E-state index in [4.69, 9.17) is 15.0 Å². The Balaban J connectivity index is 1.19. The van der Waals surface area contributed by atoms with Gasteiger partial charge in [-0.15, -0.1) is 0 Å². The molecule has 0 bridgehead atoms. The molecule has 1 amide bonds. The third kappa shape index (κ3) is 8.09. The summed E-state index contributed by atoms with van der Waals surface area (Å²) in [6.45, 7) is 3.73. The largest absolute Gasteiger partial charge is 0.388 e. The van der Waals surface area contributed by atoms with Crippen LogP contribution in [0.15, 0.2) is 96.4 Å². The van der Waals surface area contributed by atoms with E-state index in [1.165, 1.54) is 0 Å². The van der Waals surface area contributed by atoms with Crippen LogP contribution in [0.3, 0.4) is 0 Å². The Kier molecular flexibility index (Phi) is 11.2. The Labute approximate surface area is 313 Å². The van der Waals surface area contributed by atoms with Crippen LogP contribution in [-0.4, -0.2) is 90.5 Å². The molecule has 4 heterocycles. The van der Waals surface area contributed by atoms with Crippen molar-refractivity contribution in [2.45, 2.75) is 69.0 Å². The van der Waals surface area contributed by atoms with Crippen molar-refractivity contribution in [2.75, 3.05) is 29.9 Å². The van der Waals surface area contributed by atoms with Crippen LogP contribution in [-0.2, 0) is 11.3 Å². The first-order chi connectivity index (χ1) is 26.4. The topological polar surface area (TPSA) is 202 Å². The number of imidazole rings is 1. The number of carbonyl (C=O) groups is 1. The van der Waals surface area contributed by atoms with E-state index in [1.807, 2.05) is 60.8 Å². The Morgan fingerprint density at radius 3 is 2.41 bits per heavy atom. The number of anilines is 2. The highest BCUT2D eigenvalue weighted by atomic mass is 16.3. The van der Waals surface area contributed by atoms with Crippen molar-refractivity contribution in [3.63, 3.8) is 0 Å². The lowest BCUT2D eigenvalue weighted by Gasteiger charge is -2.22. The lowest BCUT2D eigenvalue weighted by molar-refractivity contribution is -0.122. The molecule has 54 heavy (non-hydrogen) atoms. The van der Waals surface area contributed by atoms with Gasteiger partial charge in [-0.1, -0.05) is 73.7 Å². The van der Waals surface area contributed by atoms with E-state index < -0.39 is 24.3 Å². The summed E-state index contributed by atoms with van der Waals surface area (Å²) >= 11 is 0. The standard InChI is InChI=1S/C39H44N12O3/c1-2-32(52)47-30-19-31(35(54)34(30)53)51-24-45-33-36(42-21-29(25-11-5-3-6-12-25)26-13-7-4-8-14-26)48-39(49-37(33)51)50-18-16-28(22-50)46-38(44-23-40)43-20-27-15-9-10-17-41-27/h3-15,17,24,28-31,34-35,53-54H,2,16,18-22H2,1H3,(H,47,52)(H,42,48,49)(H2,43,44,46)/t28-,30+,31-,34-,35+/m1/s1. The molecule has 2 aromatic carbocycles. The van der Waals surface area contributed by atoms with Crippen LogP contribution >= 0.6 is 0 Å². The number of rotatable bonds is 12. The number of aromatic nitrogens is 5. The number of nitrogens with zero attached hydrogens (tertiary/aromatic N) is 8. The fourth-order valence-electron chi connectivity index (χ4n) is 7.22. The zero-order chi connectivity index (χ0) is 37.4. The minimum Gasteiger partial charge on any atom is -0.388 e. The van der Waals surface area contributed by atoms with Crippen LogP contribution < -0.4 is 26.2 Å². The highest BCUT2D eigenvalue weighted by Gasteiger charge is 2.44. The van der Waals surface area contributed by atoms with Gasteiger partial charge in [0.1, 0.15) is 12.2 Å². The number of pyridine rings is 1. The molecule has 0 unspecified atom stereocenters. The van der Waals surface area contributed by atoms with Gasteiger partial charge in [0.2, 0.25) is 17.8 Å². The third-order valence-corrected chi connectivity index (χ3v) is 10.1. The van der Waals surface area contributed by atoms with Crippen LogP contribution in [0.2, 0.25) is 0 Å². The molecule has 2 fully saturated rings. The third-order valence-electron chi connectivity index (χ3n) is 10.1. The molecule has 0 radical (unpaired) electrons. The SMILES string of the molecule is CCC(=O)N[C@H]1C[C@@H](n2cnc3c(NCC(c4ccccc4)c4ccccc4)nc(N4CC[C@@H](NC(=NCc5ccccn5)NC#N)C4)nc32)[C@H](O)[C@@H]1O. The van der Waals surface area contributed by atoms with Crippen molar-refractivity contribution in [1.82, 2.24) is 40.5 Å². The number of benzene rings is 2. The number of hydrogen-bond acceptors (Lipinski definition) is 11. The van der Waals surface area contributed by atoms with Gasteiger partial charge in [-0.25, -0.2) is 9.98 Å². The predicted octanol–water partition coefficient (Wildman–Crippen LogP) is 2.82. The molecule has 0 spiro atoms. The van der Waals surface area contributed by atoms with E-state index in [2.05, 4.69) is 60.4 Å². The highest BCUT2D eigenvalue weighted by Crippen LogP contribution is 2.35. The minimum absolute atomic E-state index is 0.00878. The lowest BCUT2D eigenvalue weighted by Crippen LogP contribution is -2.43. The average Bonchev–Trinajstić information content (AvgIpc) is 3.93. The van der Waals surface area contributed by atoms with Crippen LogP contribution in [0.25, 0.3) is 11.2 Å². The van der Waals surface area contributed by atoms with Gasteiger partial charge in [0, 0.05) is 44.2 Å². The molecule has 15 nitrogen and oxygen atoms in total. The fraction of sp³-hybridized carbons (Fsp3) is 0.359. The van der Waals surface area contributed by atoms with Gasteiger partial charge in [-0.05, 0) is 36.1 Å². The van der Waals surface area contributed by atoms with Gasteiger partial charge in [-0.2, -0.15) is 15.2 Å². The molecule has 1 saturated carbocycles. The molecule has 1 aliphatic carbocycles. The summed E-state index contributed by atoms with van der Waals surface area (Å²) in [5.41, 5.74) is 4.10. The summed E-state index contributed by atoms with van der Waals surface area (Å²) < 4.78 is 1.79. The minimum atomic E-state index is -1.16. The van der Waals surface area contributed by atoms with Crippen molar-refractivity contribution in [3.05, 3.63) is 108 Å². The number of hydrogen-bond donors (Lipinski definition) is 6. The maximum atomic E-state index is 12.2. The quantitative estimate of drug-likeness (QED) is 0.0476. The van der Waals surface area contributed by atoms with Crippen molar-refractivity contribution < 1.29 is 15.0 Å². The molecular formula is C39H44N12O3. The Morgan fingerprint density at radius 1 is 0.981 bits per heavy atom.